The minimum atomic E-state index is -0.167. The molecule has 0 bridgehead atoms. The van der Waals surface area contributed by atoms with Crippen molar-refractivity contribution >= 4 is 5.91 Å². The number of carbonyl (C=O) groups is 1. The molecule has 4 rings (SSSR count). The lowest BCUT2D eigenvalue weighted by Gasteiger charge is -2.23. The maximum atomic E-state index is 12.9. The number of benzene rings is 1. The minimum Gasteiger partial charge on any atom is -0.487 e. The van der Waals surface area contributed by atoms with Crippen molar-refractivity contribution < 1.29 is 14.3 Å². The van der Waals surface area contributed by atoms with Crippen LogP contribution in [0.3, 0.4) is 0 Å². The Morgan fingerprint density at radius 1 is 1.35 bits per heavy atom. The van der Waals surface area contributed by atoms with E-state index in [9.17, 15) is 10.1 Å². The molecule has 2 aliphatic rings. The van der Waals surface area contributed by atoms with Gasteiger partial charge in [0.25, 0.3) is 5.91 Å². The second kappa shape index (κ2) is 8.01. The fourth-order valence-corrected chi connectivity index (χ4v) is 4.45. The summed E-state index contributed by atoms with van der Waals surface area (Å²) in [7, 11) is 0. The molecule has 2 aliphatic heterocycles. The van der Waals surface area contributed by atoms with Crippen LogP contribution in [0.4, 0.5) is 0 Å². The molecule has 2 fully saturated rings. The second-order valence-electron chi connectivity index (χ2n) is 9.87. The van der Waals surface area contributed by atoms with Crippen molar-refractivity contribution in [2.45, 2.75) is 52.6 Å². The highest BCUT2D eigenvalue weighted by Gasteiger charge is 2.43. The molecular formula is C24H30N4O3. The van der Waals surface area contributed by atoms with Crippen molar-refractivity contribution in [1.82, 2.24) is 15.1 Å². The molecule has 0 radical (unpaired) electrons. The summed E-state index contributed by atoms with van der Waals surface area (Å²) in [6, 6.07) is 7.83. The third-order valence-electron chi connectivity index (χ3n) is 6.40. The van der Waals surface area contributed by atoms with Crippen LogP contribution in [0.1, 0.15) is 66.5 Å². The van der Waals surface area contributed by atoms with Crippen LogP contribution >= 0.6 is 0 Å². The maximum Gasteiger partial charge on any atom is 0.274 e. The highest BCUT2D eigenvalue weighted by Crippen LogP contribution is 2.38. The number of hydrogen-bond donors (Lipinski definition) is 1. The van der Waals surface area contributed by atoms with Gasteiger partial charge in [-0.25, -0.2) is 0 Å². The molecule has 1 N–H and O–H groups in total. The average Bonchev–Trinajstić information content (AvgIpc) is 3.47. The standard InChI is InChI=1S/C24H30N4O3/c1-16-9-21(19(23(2,3)4)10-17(16)12-25)31-13-18-11-20(27-26-18)22(29)28-7-5-24(14-28)6-8-30-15-24/h9-11H,5-8,13-15H2,1-4H3,(H,26,27)/t24-/m0/s1. The minimum absolute atomic E-state index is 0.0455. The highest BCUT2D eigenvalue weighted by molar-refractivity contribution is 5.92. The normalized spacial score (nSPS) is 20.9. The number of carbonyl (C=O) groups excluding carboxylic acids is 1. The van der Waals surface area contributed by atoms with Crippen LogP contribution in [0.5, 0.6) is 5.75 Å². The SMILES string of the molecule is Cc1cc(OCc2cc(C(=O)N3CC[C@]4(CCOC4)C3)n[nH]2)c(C(C)(C)C)cc1C#N. The van der Waals surface area contributed by atoms with Gasteiger partial charge in [0, 0.05) is 30.7 Å². The summed E-state index contributed by atoms with van der Waals surface area (Å²) in [6.07, 6.45) is 2.02. The number of aromatic nitrogens is 2. The van der Waals surface area contributed by atoms with E-state index >= 15 is 0 Å². The van der Waals surface area contributed by atoms with Gasteiger partial charge >= 0.3 is 0 Å². The Morgan fingerprint density at radius 2 is 2.16 bits per heavy atom. The first-order chi connectivity index (χ1) is 14.7. The van der Waals surface area contributed by atoms with E-state index in [0.717, 1.165) is 61.7 Å². The number of amides is 1. The van der Waals surface area contributed by atoms with E-state index < -0.39 is 0 Å². The Bertz CT molecular complexity index is 1020. The molecule has 1 aromatic heterocycles. The summed E-state index contributed by atoms with van der Waals surface area (Å²) in [5.74, 6) is 0.699. The summed E-state index contributed by atoms with van der Waals surface area (Å²) in [6.45, 7) is 11.5. The van der Waals surface area contributed by atoms with Crippen LogP contribution in [0.25, 0.3) is 0 Å². The van der Waals surface area contributed by atoms with Gasteiger partial charge in [0.15, 0.2) is 5.69 Å². The van der Waals surface area contributed by atoms with Crippen molar-refractivity contribution in [2.24, 2.45) is 5.41 Å². The summed E-state index contributed by atoms with van der Waals surface area (Å²) in [4.78, 5) is 14.8. The van der Waals surface area contributed by atoms with E-state index in [0.29, 0.717) is 11.3 Å². The third kappa shape index (κ3) is 4.31. The van der Waals surface area contributed by atoms with E-state index in [1.807, 2.05) is 24.0 Å². The predicted molar refractivity (Wildman–Crippen MR) is 116 cm³/mol. The van der Waals surface area contributed by atoms with Gasteiger partial charge in [-0.1, -0.05) is 20.8 Å². The van der Waals surface area contributed by atoms with Gasteiger partial charge in [-0.05, 0) is 48.9 Å². The molecule has 3 heterocycles. The van der Waals surface area contributed by atoms with Crippen LogP contribution in [-0.2, 0) is 16.8 Å². The lowest BCUT2D eigenvalue weighted by atomic mass is 9.84. The van der Waals surface area contributed by atoms with Crippen LogP contribution in [0.15, 0.2) is 18.2 Å². The zero-order valence-electron chi connectivity index (χ0n) is 18.7. The molecule has 0 saturated carbocycles. The molecule has 0 unspecified atom stereocenters. The van der Waals surface area contributed by atoms with Crippen LogP contribution in [0.2, 0.25) is 0 Å². The number of ether oxygens (including phenoxy) is 2. The van der Waals surface area contributed by atoms with Crippen molar-refractivity contribution in [3.63, 3.8) is 0 Å². The molecule has 1 aromatic carbocycles. The van der Waals surface area contributed by atoms with Crippen molar-refractivity contribution in [3.8, 4) is 11.8 Å². The third-order valence-corrected chi connectivity index (χ3v) is 6.40. The van der Waals surface area contributed by atoms with Crippen molar-refractivity contribution in [2.75, 3.05) is 26.3 Å². The second-order valence-corrected chi connectivity index (χ2v) is 9.87. The zero-order valence-corrected chi connectivity index (χ0v) is 18.7. The van der Waals surface area contributed by atoms with E-state index in [-0.39, 0.29) is 23.3 Å². The topological polar surface area (TPSA) is 91.2 Å². The van der Waals surface area contributed by atoms with E-state index in [1.165, 1.54) is 0 Å². The number of rotatable bonds is 4. The molecule has 7 nitrogen and oxygen atoms in total. The Labute approximate surface area is 183 Å². The number of nitriles is 1. The number of hydrogen-bond acceptors (Lipinski definition) is 5. The van der Waals surface area contributed by atoms with Gasteiger partial charge in [0.05, 0.1) is 23.9 Å². The van der Waals surface area contributed by atoms with Crippen molar-refractivity contribution in [1.29, 1.82) is 5.26 Å². The number of aryl methyl sites for hydroxylation is 1. The van der Waals surface area contributed by atoms with E-state index in [1.54, 1.807) is 6.07 Å². The lowest BCUT2D eigenvalue weighted by molar-refractivity contribution is 0.0760. The van der Waals surface area contributed by atoms with Gasteiger partial charge in [-0.2, -0.15) is 10.4 Å². The lowest BCUT2D eigenvalue weighted by Crippen LogP contribution is -2.32. The smallest absolute Gasteiger partial charge is 0.274 e. The molecule has 0 aliphatic carbocycles. The Morgan fingerprint density at radius 3 is 2.84 bits per heavy atom. The number of nitrogens with zero attached hydrogens (tertiary/aromatic N) is 3. The number of H-pyrrole nitrogens is 1. The first-order valence-corrected chi connectivity index (χ1v) is 10.8. The molecule has 2 saturated heterocycles. The van der Waals surface area contributed by atoms with E-state index in [2.05, 4.69) is 37.0 Å². The zero-order chi connectivity index (χ0) is 22.2. The summed E-state index contributed by atoms with van der Waals surface area (Å²) in [5.41, 5.74) is 3.64. The molecule has 31 heavy (non-hydrogen) atoms. The average molecular weight is 423 g/mol. The summed E-state index contributed by atoms with van der Waals surface area (Å²) >= 11 is 0. The van der Waals surface area contributed by atoms with Crippen LogP contribution in [0, 0.1) is 23.7 Å². The Hall–Kier alpha value is -2.85. The largest absolute Gasteiger partial charge is 0.487 e. The number of nitrogens with one attached hydrogen (secondary N) is 1. The van der Waals surface area contributed by atoms with Gasteiger partial charge < -0.3 is 14.4 Å². The molecule has 7 heteroatoms. The van der Waals surface area contributed by atoms with Gasteiger partial charge in [-0.3, -0.25) is 9.89 Å². The summed E-state index contributed by atoms with van der Waals surface area (Å²) < 4.78 is 11.7. The molecule has 1 spiro atoms. The first kappa shape index (κ1) is 21.4. The van der Waals surface area contributed by atoms with Gasteiger partial charge in [0.2, 0.25) is 0 Å². The summed E-state index contributed by atoms with van der Waals surface area (Å²) in [5, 5.41) is 16.5. The molecular weight excluding hydrogens is 392 g/mol. The number of likely N-dealkylation sites (tertiary alicyclic amines) is 1. The quantitative estimate of drug-likeness (QED) is 0.811. The fraction of sp³-hybridized carbons (Fsp3) is 0.542. The van der Waals surface area contributed by atoms with Gasteiger partial charge in [0.1, 0.15) is 12.4 Å². The molecule has 1 atom stereocenters. The Balaban J connectivity index is 1.45. The number of aromatic amines is 1. The first-order valence-electron chi connectivity index (χ1n) is 10.8. The van der Waals surface area contributed by atoms with E-state index in [4.69, 9.17) is 9.47 Å². The molecule has 164 valence electrons. The monoisotopic (exact) mass is 422 g/mol. The fourth-order valence-electron chi connectivity index (χ4n) is 4.45. The highest BCUT2D eigenvalue weighted by atomic mass is 16.5. The predicted octanol–water partition coefficient (Wildman–Crippen LogP) is 3.72. The van der Waals surface area contributed by atoms with Crippen LogP contribution < -0.4 is 4.74 Å². The molecule has 1 amide bonds. The molecule has 2 aromatic rings. The van der Waals surface area contributed by atoms with Crippen LogP contribution in [-0.4, -0.2) is 47.3 Å². The van der Waals surface area contributed by atoms with Crippen molar-refractivity contribution in [3.05, 3.63) is 46.3 Å². The van der Waals surface area contributed by atoms with Gasteiger partial charge in [-0.15, -0.1) is 0 Å². The maximum absolute atomic E-state index is 12.9. The Kier molecular flexibility index (Phi) is 5.52.